The van der Waals surface area contributed by atoms with Gasteiger partial charge in [0.15, 0.2) is 10.9 Å². The summed E-state index contributed by atoms with van der Waals surface area (Å²) in [6.45, 7) is 7.56. The van der Waals surface area contributed by atoms with E-state index in [2.05, 4.69) is 21.8 Å². The van der Waals surface area contributed by atoms with Crippen molar-refractivity contribution >= 4 is 29.2 Å². The molecule has 25 heavy (non-hydrogen) atoms. The number of hydrogen-bond acceptors (Lipinski definition) is 6. The number of aromatic nitrogens is 1. The third kappa shape index (κ3) is 8.18. The smallest absolute Gasteiger partial charge is 0.328 e. The number of carboxylic acid groups (broad SMARTS) is 2. The van der Waals surface area contributed by atoms with Gasteiger partial charge in [-0.3, -0.25) is 0 Å². The van der Waals surface area contributed by atoms with Crippen LogP contribution in [0.25, 0.3) is 0 Å². The molecule has 9 heteroatoms. The first-order valence-corrected chi connectivity index (χ1v) is 7.84. The van der Waals surface area contributed by atoms with Crippen molar-refractivity contribution in [2.75, 3.05) is 31.1 Å². The minimum Gasteiger partial charge on any atom is -0.478 e. The van der Waals surface area contributed by atoms with E-state index in [9.17, 15) is 9.59 Å². The van der Waals surface area contributed by atoms with Gasteiger partial charge < -0.3 is 25.2 Å². The fourth-order valence-corrected chi connectivity index (χ4v) is 2.16. The highest BCUT2D eigenvalue weighted by atomic mass is 35.5. The van der Waals surface area contributed by atoms with Crippen LogP contribution in [0.2, 0.25) is 5.15 Å². The predicted molar refractivity (Wildman–Crippen MR) is 94.2 cm³/mol. The van der Waals surface area contributed by atoms with Gasteiger partial charge >= 0.3 is 11.9 Å². The molecule has 1 saturated heterocycles. The third-order valence-electron chi connectivity index (χ3n) is 3.08. The summed E-state index contributed by atoms with van der Waals surface area (Å²) >= 11 is 5.93. The third-order valence-corrected chi connectivity index (χ3v) is 3.36. The summed E-state index contributed by atoms with van der Waals surface area (Å²) < 4.78 is 5.23. The van der Waals surface area contributed by atoms with Gasteiger partial charge in [0.05, 0.1) is 18.1 Å². The molecule has 0 atom stereocenters. The lowest BCUT2D eigenvalue weighted by Gasteiger charge is -2.22. The lowest BCUT2D eigenvalue weighted by molar-refractivity contribution is -0.134. The summed E-state index contributed by atoms with van der Waals surface area (Å²) in [5, 5.41) is 19.3. The first-order chi connectivity index (χ1) is 11.9. The molecule has 0 amide bonds. The number of nitrogens with one attached hydrogen (secondary N) is 1. The van der Waals surface area contributed by atoms with Crippen molar-refractivity contribution in [2.24, 2.45) is 0 Å². The number of nitrogens with zero attached hydrogens (tertiary/aromatic N) is 2. The summed E-state index contributed by atoms with van der Waals surface area (Å²) in [4.78, 5) is 25.5. The number of carbonyl (C=O) groups is 2. The number of hydrogen-bond donors (Lipinski definition) is 3. The second-order valence-electron chi connectivity index (χ2n) is 4.87. The average molecular weight is 370 g/mol. The van der Waals surface area contributed by atoms with E-state index in [1.807, 2.05) is 6.07 Å². The van der Waals surface area contributed by atoms with Crippen LogP contribution in [-0.4, -0.2) is 53.3 Å². The van der Waals surface area contributed by atoms with Crippen molar-refractivity contribution in [3.63, 3.8) is 0 Å². The summed E-state index contributed by atoms with van der Waals surface area (Å²) in [7, 11) is 0. The number of pyridine rings is 1. The maximum Gasteiger partial charge on any atom is 0.328 e. The van der Waals surface area contributed by atoms with Crippen LogP contribution in [0.3, 0.4) is 0 Å². The van der Waals surface area contributed by atoms with E-state index in [-0.39, 0.29) is 0 Å². The number of ether oxygens (including phenoxy) is 1. The van der Waals surface area contributed by atoms with E-state index in [4.69, 9.17) is 26.6 Å². The van der Waals surface area contributed by atoms with Crippen LogP contribution in [-0.2, 0) is 9.59 Å². The van der Waals surface area contributed by atoms with Crippen LogP contribution in [0, 0.1) is 0 Å². The quantitative estimate of drug-likeness (QED) is 0.409. The Labute approximate surface area is 150 Å². The molecule has 0 aliphatic carbocycles. The molecule has 8 nitrogen and oxygen atoms in total. The first-order valence-electron chi connectivity index (χ1n) is 7.46. The highest BCUT2D eigenvalue weighted by molar-refractivity contribution is 6.30. The monoisotopic (exact) mass is 369 g/mol. The van der Waals surface area contributed by atoms with Gasteiger partial charge in [0, 0.05) is 37.9 Å². The Balaban J connectivity index is 0.000000333. The van der Waals surface area contributed by atoms with Crippen LogP contribution in [0.5, 0.6) is 5.75 Å². The number of rotatable bonds is 5. The molecule has 1 fully saturated rings. The van der Waals surface area contributed by atoms with Crippen LogP contribution < -0.4 is 15.0 Å². The highest BCUT2D eigenvalue weighted by Crippen LogP contribution is 2.27. The van der Waals surface area contributed by atoms with E-state index in [1.165, 1.54) is 6.26 Å². The van der Waals surface area contributed by atoms with Gasteiger partial charge in [0.25, 0.3) is 0 Å². The fourth-order valence-electron chi connectivity index (χ4n) is 2.01. The zero-order valence-electron chi connectivity index (χ0n) is 13.5. The molecule has 136 valence electrons. The molecule has 1 aromatic rings. The Morgan fingerprint density at radius 2 is 1.96 bits per heavy atom. The van der Waals surface area contributed by atoms with Crippen molar-refractivity contribution in [3.8, 4) is 5.75 Å². The van der Waals surface area contributed by atoms with Crippen molar-refractivity contribution in [2.45, 2.75) is 6.42 Å². The molecule has 0 radical (unpaired) electrons. The highest BCUT2D eigenvalue weighted by Gasteiger charge is 2.12. The van der Waals surface area contributed by atoms with Gasteiger partial charge in [0.1, 0.15) is 0 Å². The summed E-state index contributed by atoms with van der Waals surface area (Å²) in [5.41, 5.74) is 1.04. The first kappa shape index (κ1) is 20.5. The van der Waals surface area contributed by atoms with Crippen molar-refractivity contribution in [1.29, 1.82) is 0 Å². The van der Waals surface area contributed by atoms with Gasteiger partial charge in [-0.05, 0) is 13.0 Å². The number of carboxylic acids is 2. The van der Waals surface area contributed by atoms with E-state index in [0.29, 0.717) is 23.1 Å². The maximum absolute atomic E-state index is 9.55. The Morgan fingerprint density at radius 3 is 2.56 bits per heavy atom. The molecule has 2 rings (SSSR count). The van der Waals surface area contributed by atoms with Gasteiger partial charge in [-0.2, -0.15) is 0 Å². The molecule has 0 saturated carbocycles. The van der Waals surface area contributed by atoms with Crippen LogP contribution >= 0.6 is 11.6 Å². The van der Waals surface area contributed by atoms with Crippen molar-refractivity contribution in [3.05, 3.63) is 42.4 Å². The molecule has 1 aliphatic rings. The van der Waals surface area contributed by atoms with E-state index >= 15 is 0 Å². The summed E-state index contributed by atoms with van der Waals surface area (Å²) in [5.74, 6) is -1.96. The molecule has 0 bridgehead atoms. The zero-order chi connectivity index (χ0) is 18.7. The van der Waals surface area contributed by atoms with Gasteiger partial charge in [-0.1, -0.05) is 18.2 Å². The lowest BCUT2D eigenvalue weighted by Crippen LogP contribution is -2.27. The zero-order valence-corrected chi connectivity index (χ0v) is 14.3. The fraction of sp³-hybridized carbons (Fsp3) is 0.312. The normalized spacial score (nSPS) is 14.2. The molecule has 0 unspecified atom stereocenters. The molecule has 2 heterocycles. The van der Waals surface area contributed by atoms with Crippen LogP contribution in [0.4, 0.5) is 5.69 Å². The minimum absolute atomic E-state index is 0.363. The predicted octanol–water partition coefficient (Wildman–Crippen LogP) is 1.77. The number of halogens is 1. The minimum atomic E-state index is -1.26. The van der Waals surface area contributed by atoms with Crippen LogP contribution in [0.1, 0.15) is 6.42 Å². The molecule has 0 spiro atoms. The van der Waals surface area contributed by atoms with E-state index < -0.39 is 11.9 Å². The van der Waals surface area contributed by atoms with Gasteiger partial charge in [-0.25, -0.2) is 14.6 Å². The molecule has 1 aromatic heterocycles. The second kappa shape index (κ2) is 11.1. The maximum atomic E-state index is 9.55. The Hall–Kier alpha value is -2.58. The molecule has 3 N–H and O–H groups in total. The molecule has 1 aliphatic heterocycles. The molecular weight excluding hydrogens is 350 g/mol. The Bertz CT molecular complexity index is 612. The summed E-state index contributed by atoms with van der Waals surface area (Å²) in [6, 6.07) is 1.91. The SMILES string of the molecule is C=COc1cc(N2CCCNCC2)cnc1Cl.O=C(O)/C=C/C(=O)O. The average Bonchev–Trinajstić information content (AvgIpc) is 2.85. The standard InChI is InChI=1S/C12H16ClN3O.C4H4O4/c1-2-17-11-8-10(9-15-12(11)13)16-6-3-4-14-5-7-16;5-3(6)1-2-4(7)8/h2,8-9,14H,1,3-7H2;1-2H,(H,5,6)(H,7,8)/b;2-1+. The molecule has 0 aromatic carbocycles. The number of aliphatic carboxylic acids is 2. The Morgan fingerprint density at radius 1 is 1.28 bits per heavy atom. The van der Waals surface area contributed by atoms with Crippen molar-refractivity contribution in [1.82, 2.24) is 10.3 Å². The molecular formula is C16H20ClN3O5. The lowest BCUT2D eigenvalue weighted by atomic mass is 10.3. The van der Waals surface area contributed by atoms with E-state index in [0.717, 1.165) is 38.3 Å². The largest absolute Gasteiger partial charge is 0.478 e. The van der Waals surface area contributed by atoms with Gasteiger partial charge in [-0.15, -0.1) is 0 Å². The summed E-state index contributed by atoms with van der Waals surface area (Å²) in [6.07, 6.45) is 5.38. The Kier molecular flexibility index (Phi) is 9.05. The van der Waals surface area contributed by atoms with E-state index in [1.54, 1.807) is 6.20 Å². The topological polar surface area (TPSA) is 112 Å². The van der Waals surface area contributed by atoms with Crippen LogP contribution in [0.15, 0.2) is 37.3 Å². The van der Waals surface area contributed by atoms with Gasteiger partial charge in [0.2, 0.25) is 0 Å². The second-order valence-corrected chi connectivity index (χ2v) is 5.23. The number of anilines is 1. The van der Waals surface area contributed by atoms with Crippen molar-refractivity contribution < 1.29 is 24.5 Å².